The van der Waals surface area contributed by atoms with E-state index in [1.165, 1.54) is 0 Å². The zero-order valence-electron chi connectivity index (χ0n) is 13.5. The highest BCUT2D eigenvalue weighted by molar-refractivity contribution is 5.89. The molecule has 7 nitrogen and oxygen atoms in total. The summed E-state index contributed by atoms with van der Waals surface area (Å²) in [5.74, 6) is -0.275. The molecule has 3 rings (SSSR count). The Kier molecular flexibility index (Phi) is 5.20. The lowest BCUT2D eigenvalue weighted by atomic mass is 10.1. The van der Waals surface area contributed by atoms with Crippen molar-refractivity contribution in [3.05, 3.63) is 48.8 Å². The third-order valence-electron chi connectivity index (χ3n) is 4.13. The van der Waals surface area contributed by atoms with Gasteiger partial charge in [-0.3, -0.25) is 14.6 Å². The predicted octanol–water partition coefficient (Wildman–Crippen LogP) is 0.833. The van der Waals surface area contributed by atoms with Gasteiger partial charge >= 0.3 is 0 Å². The van der Waals surface area contributed by atoms with Crippen molar-refractivity contribution in [1.82, 2.24) is 24.8 Å². The van der Waals surface area contributed by atoms with Gasteiger partial charge in [0.15, 0.2) is 0 Å². The van der Waals surface area contributed by atoms with Crippen molar-refractivity contribution in [2.75, 3.05) is 13.1 Å². The van der Waals surface area contributed by atoms with Crippen molar-refractivity contribution in [1.29, 1.82) is 0 Å². The minimum atomic E-state index is -0.262. The lowest BCUT2D eigenvalue weighted by molar-refractivity contribution is -0.129. The maximum atomic E-state index is 12.2. The lowest BCUT2D eigenvalue weighted by Crippen LogP contribution is -2.33. The van der Waals surface area contributed by atoms with Crippen molar-refractivity contribution in [3.8, 4) is 0 Å². The molecular weight excluding hydrogens is 306 g/mol. The van der Waals surface area contributed by atoms with E-state index in [1.54, 1.807) is 29.8 Å². The number of nitrogens with one attached hydrogen (secondary N) is 1. The quantitative estimate of drug-likeness (QED) is 0.764. The van der Waals surface area contributed by atoms with E-state index >= 15 is 0 Å². The highest BCUT2D eigenvalue weighted by atomic mass is 16.2. The van der Waals surface area contributed by atoms with E-state index in [1.807, 2.05) is 22.9 Å². The van der Waals surface area contributed by atoms with Gasteiger partial charge in [-0.25, -0.2) is 4.98 Å². The standard InChI is InChI=1S/C17H21N5O2/c23-16-9-15(12-22(16)11-14-3-1-4-18-10-14)17(24)20-5-2-7-21-8-6-19-13-21/h1,3-4,6,8,10,13,15H,2,5,7,9,11-12H2,(H,20,24)/t15-/m1/s1. The summed E-state index contributed by atoms with van der Waals surface area (Å²) < 4.78 is 1.97. The first kappa shape index (κ1) is 16.2. The van der Waals surface area contributed by atoms with Gasteiger partial charge in [-0.2, -0.15) is 0 Å². The van der Waals surface area contributed by atoms with Crippen LogP contribution < -0.4 is 5.32 Å². The van der Waals surface area contributed by atoms with Crippen molar-refractivity contribution < 1.29 is 9.59 Å². The molecular formula is C17H21N5O2. The minimum absolute atomic E-state index is 0.0254. The number of likely N-dealkylation sites (tertiary alicyclic amines) is 1. The third kappa shape index (κ3) is 4.18. The average Bonchev–Trinajstić information content (AvgIpc) is 3.23. The van der Waals surface area contributed by atoms with E-state index in [0.29, 0.717) is 19.6 Å². The summed E-state index contributed by atoms with van der Waals surface area (Å²) in [4.78, 5) is 34.1. The summed E-state index contributed by atoms with van der Waals surface area (Å²) in [5.41, 5.74) is 0.979. The molecule has 0 radical (unpaired) electrons. The van der Waals surface area contributed by atoms with Crippen molar-refractivity contribution in [2.45, 2.75) is 25.9 Å². The third-order valence-corrected chi connectivity index (χ3v) is 4.13. The van der Waals surface area contributed by atoms with Crippen molar-refractivity contribution in [2.24, 2.45) is 5.92 Å². The van der Waals surface area contributed by atoms with Gasteiger partial charge < -0.3 is 14.8 Å². The zero-order valence-corrected chi connectivity index (χ0v) is 13.5. The molecule has 1 aliphatic rings. The van der Waals surface area contributed by atoms with Crippen LogP contribution in [0.3, 0.4) is 0 Å². The number of aromatic nitrogens is 3. The number of aryl methyl sites for hydroxylation is 1. The van der Waals surface area contributed by atoms with Crippen LogP contribution in [0, 0.1) is 5.92 Å². The second-order valence-electron chi connectivity index (χ2n) is 5.98. The Morgan fingerprint density at radius 2 is 2.25 bits per heavy atom. The minimum Gasteiger partial charge on any atom is -0.356 e. The number of hydrogen-bond acceptors (Lipinski definition) is 4. The first-order valence-electron chi connectivity index (χ1n) is 8.12. The van der Waals surface area contributed by atoms with Crippen LogP contribution in [-0.4, -0.2) is 44.3 Å². The Morgan fingerprint density at radius 3 is 3.00 bits per heavy atom. The van der Waals surface area contributed by atoms with Crippen molar-refractivity contribution >= 4 is 11.8 Å². The van der Waals surface area contributed by atoms with Crippen LogP contribution in [-0.2, 0) is 22.7 Å². The molecule has 1 aliphatic heterocycles. The Hall–Kier alpha value is -2.70. The van der Waals surface area contributed by atoms with Gasteiger partial charge in [0.2, 0.25) is 11.8 Å². The molecule has 1 saturated heterocycles. The fourth-order valence-corrected chi connectivity index (χ4v) is 2.85. The van der Waals surface area contributed by atoms with E-state index in [2.05, 4.69) is 15.3 Å². The number of hydrogen-bond donors (Lipinski definition) is 1. The first-order chi connectivity index (χ1) is 11.7. The summed E-state index contributed by atoms with van der Waals surface area (Å²) in [7, 11) is 0. The molecule has 0 saturated carbocycles. The molecule has 0 spiro atoms. The molecule has 0 aromatic carbocycles. The molecule has 24 heavy (non-hydrogen) atoms. The Balaban J connectivity index is 1.42. The van der Waals surface area contributed by atoms with Gasteiger partial charge in [0.1, 0.15) is 0 Å². The Bertz CT molecular complexity index is 672. The van der Waals surface area contributed by atoms with Crippen LogP contribution in [0.15, 0.2) is 43.2 Å². The molecule has 1 fully saturated rings. The largest absolute Gasteiger partial charge is 0.356 e. The van der Waals surface area contributed by atoms with Gasteiger partial charge in [-0.05, 0) is 18.1 Å². The molecule has 1 N–H and O–H groups in total. The highest BCUT2D eigenvalue weighted by Crippen LogP contribution is 2.20. The number of rotatable bonds is 7. The van der Waals surface area contributed by atoms with Crippen LogP contribution in [0.1, 0.15) is 18.4 Å². The molecule has 0 bridgehead atoms. The normalized spacial score (nSPS) is 17.2. The smallest absolute Gasteiger partial charge is 0.225 e. The molecule has 2 aromatic heterocycles. The van der Waals surface area contributed by atoms with Crippen LogP contribution >= 0.6 is 0 Å². The van der Waals surface area contributed by atoms with Gasteiger partial charge in [0.25, 0.3) is 0 Å². The number of imidazole rings is 1. The number of amides is 2. The number of carbonyl (C=O) groups excluding carboxylic acids is 2. The van der Waals surface area contributed by atoms with Crippen LogP contribution in [0.2, 0.25) is 0 Å². The van der Waals surface area contributed by atoms with E-state index in [-0.39, 0.29) is 24.2 Å². The molecule has 7 heteroatoms. The van der Waals surface area contributed by atoms with Gasteiger partial charge in [0.05, 0.1) is 12.2 Å². The Morgan fingerprint density at radius 1 is 1.33 bits per heavy atom. The zero-order chi connectivity index (χ0) is 16.8. The SMILES string of the molecule is O=C(NCCCn1ccnc1)[C@@H]1CC(=O)N(Cc2cccnc2)C1. The number of nitrogens with zero attached hydrogens (tertiary/aromatic N) is 4. The van der Waals surface area contributed by atoms with E-state index < -0.39 is 0 Å². The molecule has 2 aromatic rings. The topological polar surface area (TPSA) is 80.1 Å². The molecule has 3 heterocycles. The highest BCUT2D eigenvalue weighted by Gasteiger charge is 2.33. The second kappa shape index (κ2) is 7.72. The summed E-state index contributed by atoms with van der Waals surface area (Å²) in [5, 5.41) is 2.93. The molecule has 2 amide bonds. The monoisotopic (exact) mass is 327 g/mol. The summed E-state index contributed by atoms with van der Waals surface area (Å²) in [6, 6.07) is 3.78. The fraction of sp³-hybridized carbons (Fsp3) is 0.412. The maximum absolute atomic E-state index is 12.2. The molecule has 0 unspecified atom stereocenters. The average molecular weight is 327 g/mol. The lowest BCUT2D eigenvalue weighted by Gasteiger charge is -2.16. The van der Waals surface area contributed by atoms with E-state index in [9.17, 15) is 9.59 Å². The summed E-state index contributed by atoms with van der Waals surface area (Å²) in [6.45, 7) is 2.40. The van der Waals surface area contributed by atoms with E-state index in [4.69, 9.17) is 0 Å². The number of carbonyl (C=O) groups is 2. The summed E-state index contributed by atoms with van der Waals surface area (Å²) >= 11 is 0. The van der Waals surface area contributed by atoms with Gasteiger partial charge in [-0.1, -0.05) is 6.07 Å². The Labute approximate surface area is 140 Å². The molecule has 126 valence electrons. The second-order valence-corrected chi connectivity index (χ2v) is 5.98. The number of pyridine rings is 1. The molecule has 1 atom stereocenters. The van der Waals surface area contributed by atoms with Gasteiger partial charge in [-0.15, -0.1) is 0 Å². The van der Waals surface area contributed by atoms with Crippen LogP contribution in [0.4, 0.5) is 0 Å². The fourth-order valence-electron chi connectivity index (χ4n) is 2.85. The molecule has 0 aliphatic carbocycles. The van der Waals surface area contributed by atoms with Gasteiger partial charge in [0, 0.05) is 57.4 Å². The van der Waals surface area contributed by atoms with Crippen molar-refractivity contribution in [3.63, 3.8) is 0 Å². The first-order valence-corrected chi connectivity index (χ1v) is 8.12. The summed E-state index contributed by atoms with van der Waals surface area (Å²) in [6.07, 6.45) is 9.96. The van der Waals surface area contributed by atoms with Crippen LogP contribution in [0.5, 0.6) is 0 Å². The maximum Gasteiger partial charge on any atom is 0.225 e. The van der Waals surface area contributed by atoms with Crippen LogP contribution in [0.25, 0.3) is 0 Å². The van der Waals surface area contributed by atoms with E-state index in [0.717, 1.165) is 18.5 Å². The predicted molar refractivity (Wildman–Crippen MR) is 87.6 cm³/mol.